The summed E-state index contributed by atoms with van der Waals surface area (Å²) < 4.78 is 15.5. The molecule has 0 amide bonds. The van der Waals surface area contributed by atoms with Gasteiger partial charge in [0.25, 0.3) is 0 Å². The molecule has 28 heavy (non-hydrogen) atoms. The number of rotatable bonds is 3. The van der Waals surface area contributed by atoms with E-state index < -0.39 is 11.0 Å². The van der Waals surface area contributed by atoms with Crippen molar-refractivity contribution in [2.75, 3.05) is 10.8 Å². The highest BCUT2D eigenvalue weighted by Gasteiger charge is 2.22. The molecule has 0 aliphatic carbocycles. The minimum absolute atomic E-state index is 0.443. The first kappa shape index (κ1) is 19.4. The molecule has 2 heterocycles. The van der Waals surface area contributed by atoms with Crippen molar-refractivity contribution in [3.05, 3.63) is 76.0 Å². The van der Waals surface area contributed by atoms with E-state index in [0.29, 0.717) is 10.2 Å². The van der Waals surface area contributed by atoms with Gasteiger partial charge in [-0.05, 0) is 67.6 Å². The summed E-state index contributed by atoms with van der Waals surface area (Å²) in [6.07, 6.45) is 4.85. The maximum absolute atomic E-state index is 13.5. The maximum atomic E-state index is 13.5. The van der Waals surface area contributed by atoms with Crippen LogP contribution in [0.15, 0.2) is 59.6 Å². The summed E-state index contributed by atoms with van der Waals surface area (Å²) in [6, 6.07) is 15.6. The molecule has 2 aromatic carbocycles. The van der Waals surface area contributed by atoms with Gasteiger partial charge in [-0.1, -0.05) is 41.4 Å². The smallest absolute Gasteiger partial charge is 0.152 e. The number of halogens is 2. The number of aromatic nitrogens is 1. The van der Waals surface area contributed by atoms with Crippen molar-refractivity contribution in [3.63, 3.8) is 0 Å². The van der Waals surface area contributed by atoms with Gasteiger partial charge in [0.15, 0.2) is 11.0 Å². The van der Waals surface area contributed by atoms with Gasteiger partial charge in [0.1, 0.15) is 5.15 Å². The van der Waals surface area contributed by atoms with Crippen LogP contribution in [-0.2, 0) is 17.4 Å². The number of hydrogen-bond acceptors (Lipinski definition) is 2. The monoisotopic (exact) mass is 430 g/mol. The number of para-hydroxylation sites is 1. The molecule has 0 saturated carbocycles. The number of benzene rings is 2. The van der Waals surface area contributed by atoms with Crippen molar-refractivity contribution in [1.29, 1.82) is 0 Å². The van der Waals surface area contributed by atoms with Gasteiger partial charge in [0, 0.05) is 28.9 Å². The largest absolute Gasteiger partial charge is 0.287 e. The van der Waals surface area contributed by atoms with Crippen molar-refractivity contribution >= 4 is 39.9 Å². The van der Waals surface area contributed by atoms with Gasteiger partial charge < -0.3 is 0 Å². The van der Waals surface area contributed by atoms with Gasteiger partial charge >= 0.3 is 0 Å². The van der Waals surface area contributed by atoms with Crippen molar-refractivity contribution in [1.82, 2.24) is 4.98 Å². The molecule has 1 aliphatic heterocycles. The van der Waals surface area contributed by atoms with Crippen molar-refractivity contribution in [2.24, 2.45) is 0 Å². The molecule has 3 aromatic rings. The van der Waals surface area contributed by atoms with Crippen LogP contribution in [0.3, 0.4) is 0 Å². The number of anilines is 1. The third-order valence-corrected chi connectivity index (χ3v) is 7.00. The quantitative estimate of drug-likeness (QED) is 0.461. The Labute approximate surface area is 177 Å². The van der Waals surface area contributed by atoms with Crippen LogP contribution in [-0.4, -0.2) is 15.7 Å². The van der Waals surface area contributed by atoms with Crippen LogP contribution in [0.5, 0.6) is 0 Å². The summed E-state index contributed by atoms with van der Waals surface area (Å²) in [6.45, 7) is 2.73. The van der Waals surface area contributed by atoms with Gasteiger partial charge in [-0.15, -0.1) is 0 Å². The third-order valence-electron chi connectivity index (χ3n) is 5.02. The number of fused-ring (bicyclic) bond motifs is 1. The molecule has 0 spiro atoms. The van der Waals surface area contributed by atoms with Crippen molar-refractivity contribution in [2.45, 2.75) is 31.1 Å². The Hall–Kier alpha value is -1.88. The van der Waals surface area contributed by atoms with Crippen LogP contribution < -0.4 is 4.31 Å². The average molecular weight is 431 g/mol. The summed E-state index contributed by atoms with van der Waals surface area (Å²) in [7, 11) is -1.32. The lowest BCUT2D eigenvalue weighted by molar-refractivity contribution is 0.676. The summed E-state index contributed by atoms with van der Waals surface area (Å²) in [5.74, 6) is 0. The Morgan fingerprint density at radius 3 is 2.68 bits per heavy atom. The highest BCUT2D eigenvalue weighted by atomic mass is 35.5. The lowest BCUT2D eigenvalue weighted by Gasteiger charge is -2.24. The first-order valence-electron chi connectivity index (χ1n) is 9.24. The molecule has 4 rings (SSSR count). The molecule has 144 valence electrons. The van der Waals surface area contributed by atoms with Gasteiger partial charge in [-0.2, -0.15) is 0 Å². The lowest BCUT2D eigenvalue weighted by Crippen LogP contribution is -2.26. The summed E-state index contributed by atoms with van der Waals surface area (Å²) >= 11 is 12.5. The third kappa shape index (κ3) is 3.82. The van der Waals surface area contributed by atoms with Gasteiger partial charge in [0.05, 0.1) is 10.6 Å². The predicted octanol–water partition coefficient (Wildman–Crippen LogP) is 6.23. The van der Waals surface area contributed by atoms with Crippen LogP contribution in [0.25, 0.3) is 11.1 Å². The van der Waals surface area contributed by atoms with Crippen LogP contribution in [0, 0.1) is 6.92 Å². The predicted molar refractivity (Wildman–Crippen MR) is 118 cm³/mol. The van der Waals surface area contributed by atoms with Gasteiger partial charge in [-0.3, -0.25) is 4.31 Å². The molecule has 0 N–H and O–H groups in total. The summed E-state index contributed by atoms with van der Waals surface area (Å²) in [5.41, 5.74) is 4.99. The van der Waals surface area contributed by atoms with E-state index in [2.05, 4.69) is 17.1 Å². The van der Waals surface area contributed by atoms with Crippen LogP contribution >= 0.6 is 23.2 Å². The first-order valence-corrected chi connectivity index (χ1v) is 11.1. The number of aryl methyl sites for hydroxylation is 2. The zero-order valence-electron chi connectivity index (χ0n) is 15.5. The molecular formula is C22H20Cl2N2OS. The molecule has 1 unspecified atom stereocenters. The Morgan fingerprint density at radius 2 is 1.86 bits per heavy atom. The number of pyridine rings is 1. The molecule has 0 fully saturated rings. The first-order chi connectivity index (χ1) is 13.5. The number of hydrogen-bond donors (Lipinski definition) is 0. The fraction of sp³-hybridized carbons (Fsp3) is 0.227. The summed E-state index contributed by atoms with van der Waals surface area (Å²) in [4.78, 5) is 4.91. The zero-order valence-corrected chi connectivity index (χ0v) is 17.8. The minimum atomic E-state index is -1.32. The Kier molecular flexibility index (Phi) is 5.72. The average Bonchev–Trinajstić information content (AvgIpc) is 2.91. The fourth-order valence-corrected chi connectivity index (χ4v) is 5.32. The zero-order chi connectivity index (χ0) is 19.7. The van der Waals surface area contributed by atoms with Crippen molar-refractivity contribution < 1.29 is 4.21 Å². The Morgan fingerprint density at radius 1 is 1.04 bits per heavy atom. The highest BCUT2D eigenvalue weighted by Crippen LogP contribution is 2.34. The molecular weight excluding hydrogens is 411 g/mol. The van der Waals surface area contributed by atoms with E-state index in [0.717, 1.165) is 53.1 Å². The summed E-state index contributed by atoms with van der Waals surface area (Å²) in [5, 5.41) is 1.04. The van der Waals surface area contributed by atoms with Crippen molar-refractivity contribution in [3.8, 4) is 11.1 Å². The molecule has 6 heteroatoms. The van der Waals surface area contributed by atoms with E-state index in [1.807, 2.05) is 47.6 Å². The van der Waals surface area contributed by atoms with Gasteiger partial charge in [-0.25, -0.2) is 9.19 Å². The molecule has 3 nitrogen and oxygen atoms in total. The second-order valence-corrected chi connectivity index (χ2v) is 9.11. The maximum Gasteiger partial charge on any atom is 0.152 e. The van der Waals surface area contributed by atoms with E-state index in [9.17, 15) is 4.21 Å². The Balaban J connectivity index is 1.75. The van der Waals surface area contributed by atoms with E-state index >= 15 is 0 Å². The van der Waals surface area contributed by atoms with E-state index in [4.69, 9.17) is 23.2 Å². The topological polar surface area (TPSA) is 33.2 Å². The normalized spacial score (nSPS) is 15.0. The molecule has 0 saturated heterocycles. The van der Waals surface area contributed by atoms with Crippen LogP contribution in [0.2, 0.25) is 10.2 Å². The molecule has 1 atom stereocenters. The number of nitrogens with zero attached hydrogens (tertiary/aromatic N) is 2. The van der Waals surface area contributed by atoms with Crippen LogP contribution in [0.1, 0.15) is 24.0 Å². The van der Waals surface area contributed by atoms with Crippen LogP contribution in [0.4, 0.5) is 5.69 Å². The highest BCUT2D eigenvalue weighted by molar-refractivity contribution is 7.86. The molecule has 0 bridgehead atoms. The molecule has 1 aromatic heterocycles. The van der Waals surface area contributed by atoms with E-state index in [1.54, 1.807) is 6.20 Å². The molecule has 1 aliphatic rings. The second kappa shape index (κ2) is 8.24. The van der Waals surface area contributed by atoms with Gasteiger partial charge in [0.2, 0.25) is 0 Å². The standard InChI is InChI=1S/C22H20Cl2N2OS/c1-15-12-22(24)25-14-19(15)18-13-17(9-10-20(18)23)28(27)26-11-5-4-7-16-6-2-3-8-21(16)26/h2-3,6,8-10,12-14H,4-5,7,11H2,1H3. The Bertz CT molecular complexity index is 1050. The lowest BCUT2D eigenvalue weighted by atomic mass is 10.0. The van der Waals surface area contributed by atoms with E-state index in [1.165, 1.54) is 5.56 Å². The minimum Gasteiger partial charge on any atom is -0.287 e. The van der Waals surface area contributed by atoms with E-state index in [-0.39, 0.29) is 0 Å². The SMILES string of the molecule is Cc1cc(Cl)ncc1-c1cc(S(=O)N2CCCCc3ccccc32)ccc1Cl. The molecule has 0 radical (unpaired) electrons. The fourth-order valence-electron chi connectivity index (χ4n) is 3.58. The second-order valence-electron chi connectivity index (χ2n) is 6.90.